The third kappa shape index (κ3) is 5.58. The van der Waals surface area contributed by atoms with Gasteiger partial charge in [-0.05, 0) is 110 Å². The van der Waals surface area contributed by atoms with Gasteiger partial charge in [-0.25, -0.2) is 0 Å². The summed E-state index contributed by atoms with van der Waals surface area (Å²) in [6, 6.07) is 70.2. The minimum absolute atomic E-state index is 0.217. The van der Waals surface area contributed by atoms with E-state index in [-0.39, 0.29) is 5.92 Å². The molecule has 1 atom stereocenters. The topological polar surface area (TPSA) is 14.2 Å². The van der Waals surface area contributed by atoms with Crippen LogP contribution in [0.5, 0.6) is 11.5 Å². The molecule has 0 saturated carbocycles. The SMILES string of the molecule is C1=C(c2cccc(-c3ccc4c(c3)c3cccc5c3n4-c3ccccc3O5)c2)C=C(c2cccc(-c3ccccc3)c2)CC1c1cccc(-c2ccccc2)c1. The molecule has 1 aliphatic heterocycles. The van der Waals surface area contributed by atoms with Crippen LogP contribution in [0.25, 0.3) is 72.0 Å². The molecular formula is C54H37NO. The lowest BCUT2D eigenvalue weighted by Gasteiger charge is -2.24. The summed E-state index contributed by atoms with van der Waals surface area (Å²) in [5.74, 6) is 1.99. The predicted octanol–water partition coefficient (Wildman–Crippen LogP) is 14.5. The number of allylic oxidation sites excluding steroid dienone is 4. The van der Waals surface area contributed by atoms with E-state index in [1.54, 1.807) is 0 Å². The van der Waals surface area contributed by atoms with Crippen LogP contribution in [0.1, 0.15) is 29.0 Å². The van der Waals surface area contributed by atoms with Gasteiger partial charge >= 0.3 is 0 Å². The summed E-state index contributed by atoms with van der Waals surface area (Å²) < 4.78 is 8.74. The number of benzene rings is 8. The van der Waals surface area contributed by atoms with Crippen molar-refractivity contribution in [1.29, 1.82) is 0 Å². The normalized spacial score (nSPS) is 14.5. The highest BCUT2D eigenvalue weighted by atomic mass is 16.5. The zero-order valence-corrected chi connectivity index (χ0v) is 30.8. The smallest absolute Gasteiger partial charge is 0.152 e. The molecule has 2 heterocycles. The van der Waals surface area contributed by atoms with Crippen molar-refractivity contribution in [2.75, 3.05) is 0 Å². The molecule has 11 rings (SSSR count). The first-order chi connectivity index (χ1) is 27.7. The van der Waals surface area contributed by atoms with Crippen molar-refractivity contribution >= 4 is 33.0 Å². The summed E-state index contributed by atoms with van der Waals surface area (Å²) in [6.07, 6.45) is 5.83. The highest BCUT2D eigenvalue weighted by Gasteiger charge is 2.24. The number of aromatic nitrogens is 1. The van der Waals surface area contributed by atoms with Crippen LogP contribution in [0.2, 0.25) is 0 Å². The minimum Gasteiger partial charge on any atom is -0.453 e. The lowest BCUT2D eigenvalue weighted by Crippen LogP contribution is -2.04. The summed E-state index contributed by atoms with van der Waals surface area (Å²) in [5, 5.41) is 2.42. The maximum absolute atomic E-state index is 6.38. The first kappa shape index (κ1) is 32.3. The average molecular weight is 716 g/mol. The van der Waals surface area contributed by atoms with Gasteiger partial charge in [0.2, 0.25) is 0 Å². The zero-order valence-electron chi connectivity index (χ0n) is 30.8. The molecule has 0 saturated heterocycles. The van der Waals surface area contributed by atoms with Crippen molar-refractivity contribution in [3.05, 3.63) is 223 Å². The van der Waals surface area contributed by atoms with Crippen LogP contribution in [0.15, 0.2) is 206 Å². The number of hydrogen-bond donors (Lipinski definition) is 0. The molecule has 264 valence electrons. The molecule has 8 aromatic carbocycles. The van der Waals surface area contributed by atoms with Gasteiger partial charge in [0.25, 0.3) is 0 Å². The Morgan fingerprint density at radius 2 is 1.02 bits per heavy atom. The van der Waals surface area contributed by atoms with Crippen LogP contribution >= 0.6 is 0 Å². The summed E-state index contributed by atoms with van der Waals surface area (Å²) in [4.78, 5) is 0. The molecule has 0 amide bonds. The molecule has 2 nitrogen and oxygen atoms in total. The molecule has 2 aliphatic rings. The maximum atomic E-state index is 6.38. The zero-order chi connectivity index (χ0) is 37.0. The van der Waals surface area contributed by atoms with E-state index >= 15 is 0 Å². The van der Waals surface area contributed by atoms with Gasteiger partial charge in [-0.2, -0.15) is 0 Å². The fraction of sp³-hybridized carbons (Fsp3) is 0.0370. The van der Waals surface area contributed by atoms with Crippen molar-refractivity contribution < 1.29 is 4.74 Å². The van der Waals surface area contributed by atoms with Gasteiger partial charge < -0.3 is 9.30 Å². The van der Waals surface area contributed by atoms with Crippen LogP contribution < -0.4 is 4.74 Å². The fourth-order valence-electron chi connectivity index (χ4n) is 8.79. The second-order valence-electron chi connectivity index (χ2n) is 14.9. The standard InChI is InChI=1S/C54H37NO/c1-3-13-36(14-4-1)38-17-9-20-41(29-38)45-32-46(42-21-10-18-39(30-42)37-15-5-2-6-16-37)34-47(33-45)43-22-11-19-40(31-43)44-27-28-50-49(35-44)48-23-12-26-53-54(48)55(50)51-24-7-8-25-52(51)56-53/h1-31,33-35,45H,32H2. The van der Waals surface area contributed by atoms with Crippen molar-refractivity contribution in [3.8, 4) is 50.6 Å². The van der Waals surface area contributed by atoms with E-state index in [0.29, 0.717) is 0 Å². The molecule has 0 bridgehead atoms. The molecule has 0 spiro atoms. The molecule has 1 unspecified atom stereocenters. The third-order valence-corrected chi connectivity index (χ3v) is 11.5. The summed E-state index contributed by atoms with van der Waals surface area (Å²) in [5.41, 5.74) is 17.1. The number of nitrogens with zero attached hydrogens (tertiary/aromatic N) is 1. The van der Waals surface area contributed by atoms with Gasteiger partial charge in [-0.1, -0.05) is 164 Å². The Morgan fingerprint density at radius 3 is 1.82 bits per heavy atom. The molecule has 9 aromatic rings. The Bertz CT molecular complexity index is 3020. The summed E-state index contributed by atoms with van der Waals surface area (Å²) >= 11 is 0. The summed E-state index contributed by atoms with van der Waals surface area (Å²) in [6.45, 7) is 0. The monoisotopic (exact) mass is 715 g/mol. The fourth-order valence-corrected chi connectivity index (χ4v) is 8.79. The highest BCUT2D eigenvalue weighted by molar-refractivity contribution is 6.13. The molecule has 2 heteroatoms. The van der Waals surface area contributed by atoms with Gasteiger partial charge in [-0.3, -0.25) is 0 Å². The number of para-hydroxylation sites is 3. The van der Waals surface area contributed by atoms with Crippen LogP contribution in [0.4, 0.5) is 0 Å². The third-order valence-electron chi connectivity index (χ3n) is 11.5. The Morgan fingerprint density at radius 1 is 0.429 bits per heavy atom. The van der Waals surface area contributed by atoms with E-state index < -0.39 is 0 Å². The molecule has 56 heavy (non-hydrogen) atoms. The van der Waals surface area contributed by atoms with Gasteiger partial charge in [-0.15, -0.1) is 0 Å². The summed E-state index contributed by atoms with van der Waals surface area (Å²) in [7, 11) is 0. The van der Waals surface area contributed by atoms with Crippen LogP contribution in [0.3, 0.4) is 0 Å². The number of rotatable bonds is 6. The molecule has 0 radical (unpaired) electrons. The number of ether oxygens (including phenoxy) is 1. The van der Waals surface area contributed by atoms with Crippen LogP contribution in [-0.4, -0.2) is 4.57 Å². The Hall–Kier alpha value is -7.16. The van der Waals surface area contributed by atoms with E-state index in [1.165, 1.54) is 77.5 Å². The first-order valence-corrected chi connectivity index (χ1v) is 19.4. The first-order valence-electron chi connectivity index (χ1n) is 19.4. The van der Waals surface area contributed by atoms with Crippen molar-refractivity contribution in [2.45, 2.75) is 12.3 Å². The van der Waals surface area contributed by atoms with Crippen molar-refractivity contribution in [2.24, 2.45) is 0 Å². The van der Waals surface area contributed by atoms with E-state index in [1.807, 2.05) is 12.1 Å². The predicted molar refractivity (Wildman–Crippen MR) is 233 cm³/mol. The molecular weight excluding hydrogens is 679 g/mol. The quantitative estimate of drug-likeness (QED) is 0.167. The Kier molecular flexibility index (Phi) is 7.67. The highest BCUT2D eigenvalue weighted by Crippen LogP contribution is 2.46. The van der Waals surface area contributed by atoms with Crippen molar-refractivity contribution in [3.63, 3.8) is 0 Å². The van der Waals surface area contributed by atoms with Gasteiger partial charge in [0.15, 0.2) is 11.5 Å². The van der Waals surface area contributed by atoms with E-state index in [2.05, 4.69) is 199 Å². The van der Waals surface area contributed by atoms with E-state index in [4.69, 9.17) is 4.74 Å². The average Bonchev–Trinajstić information content (AvgIpc) is 3.62. The van der Waals surface area contributed by atoms with Crippen LogP contribution in [-0.2, 0) is 0 Å². The molecule has 1 aliphatic carbocycles. The molecule has 0 fully saturated rings. The second kappa shape index (κ2) is 13.3. The molecule has 0 N–H and O–H groups in total. The minimum atomic E-state index is 0.217. The second-order valence-corrected chi connectivity index (χ2v) is 14.9. The Balaban J connectivity index is 1.02. The number of fused-ring (bicyclic) bond motifs is 5. The van der Waals surface area contributed by atoms with E-state index in [0.717, 1.165) is 29.1 Å². The van der Waals surface area contributed by atoms with E-state index in [9.17, 15) is 0 Å². The maximum Gasteiger partial charge on any atom is 0.152 e. The lowest BCUT2D eigenvalue weighted by molar-refractivity contribution is 0.476. The van der Waals surface area contributed by atoms with Gasteiger partial charge in [0, 0.05) is 16.7 Å². The van der Waals surface area contributed by atoms with Gasteiger partial charge in [0.05, 0.1) is 16.7 Å². The number of hydrogen-bond acceptors (Lipinski definition) is 1. The van der Waals surface area contributed by atoms with Gasteiger partial charge in [0.1, 0.15) is 0 Å². The van der Waals surface area contributed by atoms with Crippen molar-refractivity contribution in [1.82, 2.24) is 4.57 Å². The Labute approximate surface area is 326 Å². The largest absolute Gasteiger partial charge is 0.453 e. The molecule has 1 aromatic heterocycles. The van der Waals surface area contributed by atoms with Crippen LogP contribution in [0, 0.1) is 0 Å². The lowest BCUT2D eigenvalue weighted by atomic mass is 9.80.